The molecule has 5 unspecified atom stereocenters. The molecule has 0 aromatic heterocycles. The molecular formula is C14H23NO. The second-order valence-electron chi connectivity index (χ2n) is 6.03. The summed E-state index contributed by atoms with van der Waals surface area (Å²) in [6.07, 6.45) is 10.9. The van der Waals surface area contributed by atoms with Crippen molar-refractivity contribution in [1.82, 2.24) is 5.32 Å². The van der Waals surface area contributed by atoms with E-state index >= 15 is 0 Å². The topological polar surface area (TPSA) is 32.3 Å². The molecule has 0 spiro atoms. The molecule has 5 atom stereocenters. The number of hydrogen-bond donors (Lipinski definition) is 2. The third kappa shape index (κ3) is 2.18. The Morgan fingerprint density at radius 3 is 2.62 bits per heavy atom. The molecule has 0 aliphatic heterocycles. The van der Waals surface area contributed by atoms with Gasteiger partial charge in [0, 0.05) is 0 Å². The molecular weight excluding hydrogens is 198 g/mol. The number of nitrogens with one attached hydrogen (secondary N) is 1. The summed E-state index contributed by atoms with van der Waals surface area (Å²) in [5, 5.41) is 13.1. The summed E-state index contributed by atoms with van der Waals surface area (Å²) in [5.41, 5.74) is 0. The van der Waals surface area contributed by atoms with Gasteiger partial charge in [-0.15, -0.1) is 0 Å². The largest absolute Gasteiger partial charge is 0.393 e. The van der Waals surface area contributed by atoms with Crippen LogP contribution in [0.4, 0.5) is 0 Å². The van der Waals surface area contributed by atoms with Crippen molar-refractivity contribution in [1.29, 1.82) is 0 Å². The summed E-state index contributed by atoms with van der Waals surface area (Å²) in [6.45, 7) is 2.31. The van der Waals surface area contributed by atoms with Crippen molar-refractivity contribution in [3.05, 3.63) is 12.2 Å². The van der Waals surface area contributed by atoms with Gasteiger partial charge in [-0.25, -0.2) is 0 Å². The molecule has 3 aliphatic rings. The molecule has 2 N–H and O–H groups in total. The Morgan fingerprint density at radius 2 is 2.00 bits per heavy atom. The van der Waals surface area contributed by atoms with Crippen LogP contribution in [0.25, 0.3) is 0 Å². The summed E-state index contributed by atoms with van der Waals surface area (Å²) in [6, 6.07) is 0. The van der Waals surface area contributed by atoms with Crippen molar-refractivity contribution < 1.29 is 5.11 Å². The van der Waals surface area contributed by atoms with Crippen molar-refractivity contribution in [2.45, 2.75) is 38.2 Å². The van der Waals surface area contributed by atoms with Crippen LogP contribution in [0, 0.1) is 23.7 Å². The first-order valence-corrected chi connectivity index (χ1v) is 6.88. The maximum atomic E-state index is 9.46. The number of allylic oxidation sites excluding steroid dienone is 2. The van der Waals surface area contributed by atoms with Crippen LogP contribution in [0.1, 0.15) is 32.1 Å². The summed E-state index contributed by atoms with van der Waals surface area (Å²) in [4.78, 5) is 0. The molecule has 2 nitrogen and oxygen atoms in total. The van der Waals surface area contributed by atoms with Crippen LogP contribution in [0.3, 0.4) is 0 Å². The molecule has 2 fully saturated rings. The van der Waals surface area contributed by atoms with Gasteiger partial charge in [0.2, 0.25) is 0 Å². The van der Waals surface area contributed by atoms with Crippen LogP contribution in [0.5, 0.6) is 0 Å². The maximum absolute atomic E-state index is 9.46. The molecule has 0 amide bonds. The number of rotatable bonds is 4. The van der Waals surface area contributed by atoms with Crippen molar-refractivity contribution in [2.75, 3.05) is 13.1 Å². The van der Waals surface area contributed by atoms with Gasteiger partial charge in [0.05, 0.1) is 6.10 Å². The number of aliphatic hydroxyl groups excluding tert-OH is 1. The van der Waals surface area contributed by atoms with Crippen LogP contribution < -0.4 is 5.32 Å². The average molecular weight is 221 g/mol. The Hall–Kier alpha value is -0.340. The van der Waals surface area contributed by atoms with E-state index in [9.17, 15) is 5.11 Å². The summed E-state index contributed by atoms with van der Waals surface area (Å²) >= 11 is 0. The minimum Gasteiger partial charge on any atom is -0.393 e. The van der Waals surface area contributed by atoms with Gasteiger partial charge in [-0.2, -0.15) is 0 Å². The number of hydrogen-bond acceptors (Lipinski definition) is 2. The fraction of sp³-hybridized carbons (Fsp3) is 0.857. The van der Waals surface area contributed by atoms with Crippen molar-refractivity contribution in [2.24, 2.45) is 23.7 Å². The monoisotopic (exact) mass is 221 g/mol. The van der Waals surface area contributed by atoms with Gasteiger partial charge in [-0.3, -0.25) is 0 Å². The predicted molar refractivity (Wildman–Crippen MR) is 65.1 cm³/mol. The molecule has 0 heterocycles. The lowest BCUT2D eigenvalue weighted by Crippen LogP contribution is -2.29. The third-order valence-electron chi connectivity index (χ3n) is 4.77. The Balaban J connectivity index is 1.36. The SMILES string of the molecule is OC1CCC(CNCC2CC3C=CC2C3)C1. The lowest BCUT2D eigenvalue weighted by Gasteiger charge is -2.20. The van der Waals surface area contributed by atoms with E-state index in [1.54, 1.807) is 0 Å². The second kappa shape index (κ2) is 4.50. The van der Waals surface area contributed by atoms with E-state index in [1.165, 1.54) is 25.8 Å². The van der Waals surface area contributed by atoms with Gasteiger partial charge in [0.25, 0.3) is 0 Å². The van der Waals surface area contributed by atoms with E-state index in [-0.39, 0.29) is 6.10 Å². The van der Waals surface area contributed by atoms with Gasteiger partial charge in [0.15, 0.2) is 0 Å². The standard InChI is InChI=1S/C14H23NO/c16-14-4-2-11(7-14)8-15-9-13-6-10-1-3-12(13)5-10/h1,3,10-16H,2,4-9H2. The predicted octanol–water partition coefficient (Wildman–Crippen LogP) is 1.95. The first-order valence-electron chi connectivity index (χ1n) is 6.88. The zero-order valence-corrected chi connectivity index (χ0v) is 9.94. The normalized spacial score (nSPS) is 45.7. The summed E-state index contributed by atoms with van der Waals surface area (Å²) in [5.74, 6) is 3.38. The summed E-state index contributed by atoms with van der Waals surface area (Å²) < 4.78 is 0. The highest BCUT2D eigenvalue weighted by atomic mass is 16.3. The minimum atomic E-state index is -0.0165. The highest BCUT2D eigenvalue weighted by molar-refractivity contribution is 5.10. The second-order valence-corrected chi connectivity index (χ2v) is 6.03. The first kappa shape index (κ1) is 10.8. The quantitative estimate of drug-likeness (QED) is 0.711. The number of aliphatic hydroxyl groups is 1. The van der Waals surface area contributed by atoms with Crippen LogP contribution in [0.2, 0.25) is 0 Å². The van der Waals surface area contributed by atoms with E-state index in [0.717, 1.165) is 43.1 Å². The first-order chi connectivity index (χ1) is 7.81. The molecule has 0 saturated heterocycles. The Kier molecular flexibility index (Phi) is 3.03. The van der Waals surface area contributed by atoms with E-state index < -0.39 is 0 Å². The fourth-order valence-corrected chi connectivity index (χ4v) is 3.84. The lowest BCUT2D eigenvalue weighted by atomic mass is 9.93. The van der Waals surface area contributed by atoms with Gasteiger partial charge < -0.3 is 10.4 Å². The third-order valence-corrected chi connectivity index (χ3v) is 4.77. The van der Waals surface area contributed by atoms with Crippen LogP contribution in [-0.2, 0) is 0 Å². The van der Waals surface area contributed by atoms with Crippen molar-refractivity contribution >= 4 is 0 Å². The zero-order chi connectivity index (χ0) is 11.0. The molecule has 90 valence electrons. The van der Waals surface area contributed by atoms with E-state index in [2.05, 4.69) is 17.5 Å². The fourth-order valence-electron chi connectivity index (χ4n) is 3.84. The molecule has 0 aromatic carbocycles. The van der Waals surface area contributed by atoms with Crippen molar-refractivity contribution in [3.63, 3.8) is 0 Å². The van der Waals surface area contributed by atoms with Crippen LogP contribution in [0.15, 0.2) is 12.2 Å². The van der Waals surface area contributed by atoms with Gasteiger partial charge in [-0.1, -0.05) is 12.2 Å². The molecule has 3 aliphatic carbocycles. The van der Waals surface area contributed by atoms with Gasteiger partial charge in [0.1, 0.15) is 0 Å². The zero-order valence-electron chi connectivity index (χ0n) is 9.94. The minimum absolute atomic E-state index is 0.0165. The van der Waals surface area contributed by atoms with Crippen LogP contribution >= 0.6 is 0 Å². The molecule has 2 heteroatoms. The van der Waals surface area contributed by atoms with E-state index in [1.807, 2.05) is 0 Å². The molecule has 0 aromatic rings. The molecule has 16 heavy (non-hydrogen) atoms. The molecule has 3 rings (SSSR count). The van der Waals surface area contributed by atoms with Crippen LogP contribution in [-0.4, -0.2) is 24.3 Å². The number of fused-ring (bicyclic) bond motifs is 2. The Labute approximate surface area is 98.1 Å². The lowest BCUT2D eigenvalue weighted by molar-refractivity contribution is 0.177. The molecule has 2 saturated carbocycles. The summed E-state index contributed by atoms with van der Waals surface area (Å²) in [7, 11) is 0. The average Bonchev–Trinajstić information content (AvgIpc) is 2.94. The molecule has 2 bridgehead atoms. The van der Waals surface area contributed by atoms with E-state index in [4.69, 9.17) is 0 Å². The van der Waals surface area contributed by atoms with Crippen molar-refractivity contribution in [3.8, 4) is 0 Å². The van der Waals surface area contributed by atoms with Gasteiger partial charge >= 0.3 is 0 Å². The van der Waals surface area contributed by atoms with Gasteiger partial charge in [-0.05, 0) is 68.9 Å². The Bertz CT molecular complexity index is 276. The molecule has 0 radical (unpaired) electrons. The highest BCUT2D eigenvalue weighted by Gasteiger charge is 2.35. The Morgan fingerprint density at radius 1 is 1.06 bits per heavy atom. The van der Waals surface area contributed by atoms with E-state index in [0.29, 0.717) is 0 Å². The smallest absolute Gasteiger partial charge is 0.0543 e. The highest BCUT2D eigenvalue weighted by Crippen LogP contribution is 2.42. The maximum Gasteiger partial charge on any atom is 0.0543 e.